The second-order valence-electron chi connectivity index (χ2n) is 4.50. The summed E-state index contributed by atoms with van der Waals surface area (Å²) < 4.78 is 33.1. The third-order valence-electron chi connectivity index (χ3n) is 2.83. The Morgan fingerprint density at radius 1 is 1.45 bits per heavy atom. The Morgan fingerprint density at radius 3 is 2.50 bits per heavy atom. The van der Waals surface area contributed by atoms with Crippen LogP contribution >= 0.6 is 12.2 Å². The van der Waals surface area contributed by atoms with E-state index in [1.165, 1.54) is 18.5 Å². The van der Waals surface area contributed by atoms with E-state index in [0.29, 0.717) is 17.0 Å². The van der Waals surface area contributed by atoms with Gasteiger partial charge in [0, 0.05) is 18.7 Å². The van der Waals surface area contributed by atoms with E-state index >= 15 is 0 Å². The molecule has 1 aromatic rings. The fourth-order valence-electron chi connectivity index (χ4n) is 1.42. The molecule has 6 nitrogen and oxygen atoms in total. The Morgan fingerprint density at radius 2 is 2.05 bits per heavy atom. The van der Waals surface area contributed by atoms with E-state index in [-0.39, 0.29) is 11.0 Å². The molecule has 0 atom stereocenters. The van der Waals surface area contributed by atoms with Crippen molar-refractivity contribution in [2.24, 2.45) is 5.73 Å². The van der Waals surface area contributed by atoms with Gasteiger partial charge >= 0.3 is 10.2 Å². The maximum absolute atomic E-state index is 12.1. The van der Waals surface area contributed by atoms with Gasteiger partial charge in [-0.25, -0.2) is 0 Å². The number of ether oxygens (including phenoxy) is 1. The lowest BCUT2D eigenvalue weighted by molar-refractivity contribution is 0.410. The van der Waals surface area contributed by atoms with Gasteiger partial charge in [0.15, 0.2) is 0 Å². The maximum atomic E-state index is 12.1. The molecule has 0 unspecified atom stereocenters. The lowest BCUT2D eigenvalue weighted by Gasteiger charge is -2.22. The molecule has 0 radical (unpaired) electrons. The zero-order valence-corrected chi connectivity index (χ0v) is 13.5. The lowest BCUT2D eigenvalue weighted by Crippen LogP contribution is -2.37. The molecule has 20 heavy (non-hydrogen) atoms. The summed E-state index contributed by atoms with van der Waals surface area (Å²) in [6.07, 6.45) is 0. The summed E-state index contributed by atoms with van der Waals surface area (Å²) in [5.41, 5.74) is 6.47. The zero-order chi connectivity index (χ0) is 15.5. The van der Waals surface area contributed by atoms with Crippen LogP contribution in [0.5, 0.6) is 5.75 Å². The zero-order valence-electron chi connectivity index (χ0n) is 11.9. The van der Waals surface area contributed by atoms with Crippen LogP contribution in [0.2, 0.25) is 0 Å². The number of hydrogen-bond acceptors (Lipinski definition) is 4. The largest absolute Gasteiger partial charge is 0.495 e. The fraction of sp³-hybridized carbons (Fsp3) is 0.417. The number of nitrogens with one attached hydrogen (secondary N) is 1. The molecule has 0 saturated heterocycles. The van der Waals surface area contributed by atoms with E-state index in [2.05, 4.69) is 4.72 Å². The first-order valence-corrected chi connectivity index (χ1v) is 7.77. The average molecular weight is 317 g/mol. The smallest absolute Gasteiger partial charge is 0.301 e. The van der Waals surface area contributed by atoms with Gasteiger partial charge in [0.2, 0.25) is 0 Å². The molecule has 0 aromatic heterocycles. The van der Waals surface area contributed by atoms with Gasteiger partial charge in [-0.15, -0.1) is 0 Å². The summed E-state index contributed by atoms with van der Waals surface area (Å²) in [5.74, 6) is 0.357. The molecule has 0 bridgehead atoms. The summed E-state index contributed by atoms with van der Waals surface area (Å²) in [4.78, 5) is 0.219. The minimum atomic E-state index is -3.64. The van der Waals surface area contributed by atoms with E-state index < -0.39 is 10.2 Å². The van der Waals surface area contributed by atoms with Crippen molar-refractivity contribution in [2.75, 3.05) is 18.9 Å². The van der Waals surface area contributed by atoms with Crippen molar-refractivity contribution in [3.63, 3.8) is 0 Å². The predicted molar refractivity (Wildman–Crippen MR) is 84.3 cm³/mol. The summed E-state index contributed by atoms with van der Waals surface area (Å²) in [6.45, 7) is 3.57. The van der Waals surface area contributed by atoms with Crippen molar-refractivity contribution in [3.05, 3.63) is 23.8 Å². The second kappa shape index (κ2) is 6.38. The van der Waals surface area contributed by atoms with Gasteiger partial charge in [0.1, 0.15) is 10.7 Å². The van der Waals surface area contributed by atoms with Crippen LogP contribution in [-0.4, -0.2) is 37.9 Å². The van der Waals surface area contributed by atoms with Crippen LogP contribution in [0, 0.1) is 0 Å². The van der Waals surface area contributed by atoms with Crippen LogP contribution in [0.1, 0.15) is 19.4 Å². The summed E-state index contributed by atoms with van der Waals surface area (Å²) >= 11 is 4.87. The number of thiocarbonyl (C=S) groups is 1. The van der Waals surface area contributed by atoms with Crippen LogP contribution in [0.25, 0.3) is 0 Å². The maximum Gasteiger partial charge on any atom is 0.301 e. The van der Waals surface area contributed by atoms with Crippen molar-refractivity contribution in [1.82, 2.24) is 4.31 Å². The Balaban J connectivity index is 3.13. The van der Waals surface area contributed by atoms with Crippen molar-refractivity contribution in [3.8, 4) is 5.75 Å². The second-order valence-corrected chi connectivity index (χ2v) is 6.67. The van der Waals surface area contributed by atoms with E-state index in [9.17, 15) is 8.42 Å². The van der Waals surface area contributed by atoms with Gasteiger partial charge in [0.25, 0.3) is 0 Å². The fourth-order valence-corrected chi connectivity index (χ4v) is 2.69. The molecule has 8 heteroatoms. The normalized spacial score (nSPS) is 11.7. The molecule has 0 aliphatic carbocycles. The van der Waals surface area contributed by atoms with E-state index in [0.717, 1.165) is 0 Å². The first-order valence-electron chi connectivity index (χ1n) is 5.92. The molecule has 0 spiro atoms. The van der Waals surface area contributed by atoms with Crippen molar-refractivity contribution < 1.29 is 13.2 Å². The molecule has 112 valence electrons. The molecule has 0 heterocycles. The number of methoxy groups -OCH3 is 1. The van der Waals surface area contributed by atoms with Crippen molar-refractivity contribution in [2.45, 2.75) is 19.9 Å². The highest BCUT2D eigenvalue weighted by Crippen LogP contribution is 2.27. The van der Waals surface area contributed by atoms with Crippen LogP contribution in [0.3, 0.4) is 0 Å². The van der Waals surface area contributed by atoms with Gasteiger partial charge in [-0.05, 0) is 32.0 Å². The van der Waals surface area contributed by atoms with Crippen molar-refractivity contribution >= 4 is 33.1 Å². The first kappa shape index (κ1) is 16.7. The number of nitrogens with zero attached hydrogens (tertiary/aromatic N) is 1. The van der Waals surface area contributed by atoms with E-state index in [4.69, 9.17) is 22.7 Å². The molecule has 0 amide bonds. The Hall–Kier alpha value is -1.38. The molecule has 0 saturated carbocycles. The third kappa shape index (κ3) is 3.81. The minimum absolute atomic E-state index is 0.158. The summed E-state index contributed by atoms with van der Waals surface area (Å²) in [7, 11) is -0.689. The third-order valence-corrected chi connectivity index (χ3v) is 4.72. The Kier molecular flexibility index (Phi) is 5.32. The van der Waals surface area contributed by atoms with E-state index in [1.807, 2.05) is 0 Å². The molecule has 0 aliphatic rings. The monoisotopic (exact) mass is 317 g/mol. The van der Waals surface area contributed by atoms with Gasteiger partial charge in [-0.1, -0.05) is 12.2 Å². The number of rotatable bonds is 6. The Bertz CT molecular complexity index is 600. The molecule has 0 fully saturated rings. The van der Waals surface area contributed by atoms with Gasteiger partial charge < -0.3 is 10.5 Å². The average Bonchev–Trinajstić information content (AvgIpc) is 2.37. The quantitative estimate of drug-likeness (QED) is 0.773. The SMILES string of the molecule is COc1cc(C(N)=S)ccc1NS(=O)(=O)N(C)C(C)C. The Labute approximate surface area is 125 Å². The predicted octanol–water partition coefficient (Wildman–Crippen LogP) is 1.33. The molecular weight excluding hydrogens is 298 g/mol. The summed E-state index contributed by atoms with van der Waals surface area (Å²) in [6, 6.07) is 4.64. The lowest BCUT2D eigenvalue weighted by atomic mass is 10.2. The molecule has 0 aliphatic heterocycles. The highest BCUT2D eigenvalue weighted by molar-refractivity contribution is 7.90. The van der Waals surface area contributed by atoms with E-state index in [1.54, 1.807) is 32.0 Å². The number of nitrogens with two attached hydrogens (primary N) is 1. The van der Waals surface area contributed by atoms with Gasteiger partial charge in [0.05, 0.1) is 12.8 Å². The van der Waals surface area contributed by atoms with Crippen LogP contribution < -0.4 is 15.2 Å². The molecule has 1 rings (SSSR count). The van der Waals surface area contributed by atoms with Crippen LogP contribution in [0.4, 0.5) is 5.69 Å². The number of hydrogen-bond donors (Lipinski definition) is 2. The van der Waals surface area contributed by atoms with Crippen LogP contribution in [0.15, 0.2) is 18.2 Å². The summed E-state index contributed by atoms with van der Waals surface area (Å²) in [5, 5.41) is 0. The molecule has 1 aromatic carbocycles. The highest BCUT2D eigenvalue weighted by atomic mass is 32.2. The first-order chi connectivity index (χ1) is 9.19. The van der Waals surface area contributed by atoms with Crippen LogP contribution in [-0.2, 0) is 10.2 Å². The van der Waals surface area contributed by atoms with Gasteiger partial charge in [-0.2, -0.15) is 12.7 Å². The van der Waals surface area contributed by atoms with Crippen molar-refractivity contribution in [1.29, 1.82) is 0 Å². The number of anilines is 1. The minimum Gasteiger partial charge on any atom is -0.495 e. The molecule has 3 N–H and O–H groups in total. The van der Waals surface area contributed by atoms with Gasteiger partial charge in [-0.3, -0.25) is 4.72 Å². The standard InChI is InChI=1S/C12H19N3O3S2/c1-8(2)15(3)20(16,17)14-10-6-5-9(12(13)19)7-11(10)18-4/h5-8,14H,1-4H3,(H2,13,19). The topological polar surface area (TPSA) is 84.7 Å². The highest BCUT2D eigenvalue weighted by Gasteiger charge is 2.21. The number of benzene rings is 1. The molecular formula is C12H19N3O3S2.